The van der Waals surface area contributed by atoms with Crippen LogP contribution in [0.5, 0.6) is 0 Å². The van der Waals surface area contributed by atoms with E-state index < -0.39 is 0 Å². The third kappa shape index (κ3) is 4.45. The minimum atomic E-state index is -0.185. The zero-order valence-electron chi connectivity index (χ0n) is 19.6. The molecule has 0 atom stereocenters. The van der Waals surface area contributed by atoms with Crippen molar-refractivity contribution in [3.63, 3.8) is 0 Å². The summed E-state index contributed by atoms with van der Waals surface area (Å²) in [7, 11) is 0. The molecule has 1 amide bonds. The molecule has 0 saturated carbocycles. The van der Waals surface area contributed by atoms with Crippen LogP contribution in [0, 0.1) is 0 Å². The van der Waals surface area contributed by atoms with E-state index in [-0.39, 0.29) is 17.7 Å². The van der Waals surface area contributed by atoms with Gasteiger partial charge in [0.15, 0.2) is 5.65 Å². The molecule has 0 aliphatic rings. The monoisotopic (exact) mass is 468 g/mol. The SMILES string of the molecule is CC(C)(C)c1cc(CC(=O)Nc2ccc(-n3nc(-c4cccnc4)c4c(N)ncnc43)cc2)no1. The number of nitrogens with one attached hydrogen (secondary N) is 1. The lowest BCUT2D eigenvalue weighted by molar-refractivity contribution is -0.115. The number of benzene rings is 1. The van der Waals surface area contributed by atoms with Gasteiger partial charge in [-0.25, -0.2) is 14.6 Å². The van der Waals surface area contributed by atoms with Crippen LogP contribution >= 0.6 is 0 Å². The van der Waals surface area contributed by atoms with E-state index in [1.807, 2.05) is 51.1 Å². The summed E-state index contributed by atoms with van der Waals surface area (Å²) in [4.78, 5) is 25.2. The summed E-state index contributed by atoms with van der Waals surface area (Å²) < 4.78 is 7.06. The van der Waals surface area contributed by atoms with Gasteiger partial charge in [0.1, 0.15) is 23.6 Å². The predicted octanol–water partition coefficient (Wildman–Crippen LogP) is 3.93. The average Bonchev–Trinajstić information content (AvgIpc) is 3.46. The molecule has 1 aromatic carbocycles. The highest BCUT2D eigenvalue weighted by molar-refractivity contribution is 5.98. The van der Waals surface area contributed by atoms with Gasteiger partial charge in [-0.3, -0.25) is 9.78 Å². The van der Waals surface area contributed by atoms with Crippen LogP contribution in [0.1, 0.15) is 32.2 Å². The standard InChI is InChI=1S/C25H24N8O2/c1-25(2,3)19-11-17(32-35-19)12-20(34)30-16-6-8-18(9-7-16)33-24-21(23(26)28-14-29-24)22(31-33)15-5-4-10-27-13-15/h4-11,13-14H,12H2,1-3H3,(H,30,34)(H2,26,28,29). The summed E-state index contributed by atoms with van der Waals surface area (Å²) in [6.45, 7) is 6.09. The van der Waals surface area contributed by atoms with E-state index in [1.165, 1.54) is 6.33 Å². The molecule has 0 aliphatic carbocycles. The molecule has 0 fully saturated rings. The quantitative estimate of drug-likeness (QED) is 0.396. The van der Waals surface area contributed by atoms with Gasteiger partial charge in [0.2, 0.25) is 5.91 Å². The molecule has 4 aromatic heterocycles. The topological polar surface area (TPSA) is 138 Å². The molecule has 10 nitrogen and oxygen atoms in total. The number of aromatic nitrogens is 6. The second-order valence-electron chi connectivity index (χ2n) is 9.16. The van der Waals surface area contributed by atoms with Crippen molar-refractivity contribution in [2.45, 2.75) is 32.6 Å². The van der Waals surface area contributed by atoms with Gasteiger partial charge < -0.3 is 15.6 Å². The highest BCUT2D eigenvalue weighted by Crippen LogP contribution is 2.31. The number of carbonyl (C=O) groups excluding carboxylic acids is 1. The van der Waals surface area contributed by atoms with E-state index in [9.17, 15) is 4.79 Å². The van der Waals surface area contributed by atoms with Gasteiger partial charge in [0.05, 0.1) is 23.2 Å². The third-order valence-electron chi connectivity index (χ3n) is 5.46. The Labute approximate surface area is 201 Å². The highest BCUT2D eigenvalue weighted by Gasteiger charge is 2.21. The smallest absolute Gasteiger partial charge is 0.230 e. The van der Waals surface area contributed by atoms with Gasteiger partial charge in [0, 0.05) is 35.1 Å². The fourth-order valence-electron chi connectivity index (χ4n) is 3.66. The Morgan fingerprint density at radius 3 is 2.63 bits per heavy atom. The number of hydrogen-bond donors (Lipinski definition) is 2. The van der Waals surface area contributed by atoms with Gasteiger partial charge in [0.25, 0.3) is 0 Å². The lowest BCUT2D eigenvalue weighted by atomic mass is 9.93. The lowest BCUT2D eigenvalue weighted by Gasteiger charge is -2.12. The maximum Gasteiger partial charge on any atom is 0.230 e. The molecule has 0 saturated heterocycles. The minimum absolute atomic E-state index is 0.121. The molecule has 5 aromatic rings. The highest BCUT2D eigenvalue weighted by atomic mass is 16.5. The molecular weight excluding hydrogens is 444 g/mol. The summed E-state index contributed by atoms with van der Waals surface area (Å²) in [6, 6.07) is 12.9. The lowest BCUT2D eigenvalue weighted by Crippen LogP contribution is -2.14. The Hall–Kier alpha value is -4.60. The van der Waals surface area contributed by atoms with Crippen LogP contribution < -0.4 is 11.1 Å². The van der Waals surface area contributed by atoms with Crippen molar-refractivity contribution in [2.24, 2.45) is 0 Å². The largest absolute Gasteiger partial charge is 0.383 e. The maximum absolute atomic E-state index is 12.5. The van der Waals surface area contributed by atoms with Crippen molar-refractivity contribution in [2.75, 3.05) is 11.1 Å². The van der Waals surface area contributed by atoms with Crippen molar-refractivity contribution in [3.05, 3.63) is 72.6 Å². The molecule has 3 N–H and O–H groups in total. The molecule has 35 heavy (non-hydrogen) atoms. The van der Waals surface area contributed by atoms with Crippen molar-refractivity contribution in [1.82, 2.24) is 29.9 Å². The Kier molecular flexibility index (Phi) is 5.48. The first-order valence-corrected chi connectivity index (χ1v) is 11.1. The molecule has 176 valence electrons. The maximum atomic E-state index is 12.5. The first kappa shape index (κ1) is 22.2. The van der Waals surface area contributed by atoms with Crippen molar-refractivity contribution < 1.29 is 9.32 Å². The number of fused-ring (bicyclic) bond motifs is 1. The zero-order chi connectivity index (χ0) is 24.6. The number of nitrogen functional groups attached to an aromatic ring is 1. The van der Waals surface area contributed by atoms with E-state index >= 15 is 0 Å². The van der Waals surface area contributed by atoms with E-state index in [0.29, 0.717) is 33.9 Å². The molecule has 0 aliphatic heterocycles. The third-order valence-corrected chi connectivity index (χ3v) is 5.46. The molecule has 5 rings (SSSR count). The van der Waals surface area contributed by atoms with Crippen LogP contribution in [-0.2, 0) is 16.6 Å². The normalized spacial score (nSPS) is 11.6. The van der Waals surface area contributed by atoms with Crippen LogP contribution in [0.15, 0.2) is 65.7 Å². The Morgan fingerprint density at radius 1 is 1.14 bits per heavy atom. The van der Waals surface area contributed by atoms with Crippen molar-refractivity contribution >= 4 is 28.4 Å². The summed E-state index contributed by atoms with van der Waals surface area (Å²) in [5.41, 5.74) is 10.0. The fourth-order valence-corrected chi connectivity index (χ4v) is 3.66. The number of nitrogens with two attached hydrogens (primary N) is 1. The number of anilines is 2. The zero-order valence-corrected chi connectivity index (χ0v) is 19.6. The second-order valence-corrected chi connectivity index (χ2v) is 9.16. The first-order valence-electron chi connectivity index (χ1n) is 11.1. The fraction of sp³-hybridized carbons (Fsp3) is 0.200. The van der Waals surface area contributed by atoms with Gasteiger partial charge in [-0.05, 0) is 36.4 Å². The summed E-state index contributed by atoms with van der Waals surface area (Å²) in [5.74, 6) is 0.896. The molecule has 0 spiro atoms. The van der Waals surface area contributed by atoms with Gasteiger partial charge >= 0.3 is 0 Å². The molecule has 0 bridgehead atoms. The Morgan fingerprint density at radius 2 is 1.94 bits per heavy atom. The average molecular weight is 469 g/mol. The summed E-state index contributed by atoms with van der Waals surface area (Å²) in [6.07, 6.45) is 4.94. The number of pyridine rings is 1. The number of amides is 1. The van der Waals surface area contributed by atoms with Gasteiger partial charge in [-0.15, -0.1) is 0 Å². The van der Waals surface area contributed by atoms with Crippen molar-refractivity contribution in [3.8, 4) is 16.9 Å². The molecule has 0 radical (unpaired) electrons. The van der Waals surface area contributed by atoms with Crippen LogP contribution in [0.4, 0.5) is 11.5 Å². The first-order chi connectivity index (χ1) is 16.8. The molecule has 10 heteroatoms. The molecule has 4 heterocycles. The molecular formula is C25H24N8O2. The van der Waals surface area contributed by atoms with Crippen LogP contribution in [0.3, 0.4) is 0 Å². The minimum Gasteiger partial charge on any atom is -0.383 e. The van der Waals surface area contributed by atoms with E-state index in [0.717, 1.165) is 17.0 Å². The molecule has 0 unspecified atom stereocenters. The van der Waals surface area contributed by atoms with Crippen LogP contribution in [-0.4, -0.2) is 35.8 Å². The number of hydrogen-bond acceptors (Lipinski definition) is 8. The Balaban J connectivity index is 1.38. The van der Waals surface area contributed by atoms with Gasteiger partial charge in [-0.2, -0.15) is 5.10 Å². The van der Waals surface area contributed by atoms with E-state index in [2.05, 4.69) is 25.4 Å². The number of carbonyl (C=O) groups is 1. The summed E-state index contributed by atoms with van der Waals surface area (Å²) in [5, 5.41) is 12.3. The number of nitrogens with zero attached hydrogens (tertiary/aromatic N) is 6. The van der Waals surface area contributed by atoms with Crippen LogP contribution in [0.25, 0.3) is 28.0 Å². The number of rotatable bonds is 5. The van der Waals surface area contributed by atoms with Crippen molar-refractivity contribution in [1.29, 1.82) is 0 Å². The van der Waals surface area contributed by atoms with E-state index in [1.54, 1.807) is 29.2 Å². The van der Waals surface area contributed by atoms with E-state index in [4.69, 9.17) is 15.4 Å². The predicted molar refractivity (Wildman–Crippen MR) is 132 cm³/mol. The van der Waals surface area contributed by atoms with Gasteiger partial charge in [-0.1, -0.05) is 25.9 Å². The Bertz CT molecular complexity index is 1500. The van der Waals surface area contributed by atoms with Crippen LogP contribution in [0.2, 0.25) is 0 Å². The summed E-state index contributed by atoms with van der Waals surface area (Å²) >= 11 is 0. The second kappa shape index (κ2) is 8.64.